The molecule has 1 aromatic rings. The van der Waals surface area contributed by atoms with Crippen molar-refractivity contribution in [1.29, 1.82) is 0 Å². The fraction of sp³-hybridized carbons (Fsp3) is 0.786. The van der Waals surface area contributed by atoms with E-state index in [2.05, 4.69) is 43.0 Å². The minimum absolute atomic E-state index is 0.683. The van der Waals surface area contributed by atoms with E-state index in [1.807, 2.05) is 0 Å². The molecule has 0 aliphatic rings. The lowest BCUT2D eigenvalue weighted by Crippen LogP contribution is -2.38. The summed E-state index contributed by atoms with van der Waals surface area (Å²) < 4.78 is 0. The van der Waals surface area contributed by atoms with Crippen LogP contribution in [0.2, 0.25) is 0 Å². The van der Waals surface area contributed by atoms with Crippen molar-refractivity contribution < 1.29 is 0 Å². The van der Waals surface area contributed by atoms with Crippen molar-refractivity contribution in [3.8, 4) is 0 Å². The first-order valence-corrected chi connectivity index (χ1v) is 7.88. The van der Waals surface area contributed by atoms with Crippen LogP contribution in [-0.2, 0) is 6.42 Å². The number of aromatic nitrogens is 1. The van der Waals surface area contributed by atoms with Gasteiger partial charge in [0.25, 0.3) is 0 Å². The van der Waals surface area contributed by atoms with Gasteiger partial charge in [-0.15, -0.1) is 11.3 Å². The third-order valence-corrected chi connectivity index (χ3v) is 4.01. The summed E-state index contributed by atoms with van der Waals surface area (Å²) in [5.74, 6) is 0.714. The summed E-state index contributed by atoms with van der Waals surface area (Å²) in [7, 11) is 0. The quantitative estimate of drug-likeness (QED) is 0.786. The minimum Gasteiger partial charge on any atom is -0.375 e. The summed E-state index contributed by atoms with van der Waals surface area (Å²) in [5.41, 5.74) is 6.81. The predicted octanol–water partition coefficient (Wildman–Crippen LogP) is 3.41. The van der Waals surface area contributed by atoms with Crippen molar-refractivity contribution in [3.05, 3.63) is 11.1 Å². The number of anilines is 1. The predicted molar refractivity (Wildman–Crippen MR) is 81.0 cm³/mol. The lowest BCUT2D eigenvalue weighted by molar-refractivity contribution is 0.167. The van der Waals surface area contributed by atoms with Crippen LogP contribution in [0.25, 0.3) is 0 Å². The Balaban J connectivity index is 2.54. The zero-order valence-electron chi connectivity index (χ0n) is 12.1. The maximum Gasteiger partial charge on any atom is 0.180 e. The van der Waals surface area contributed by atoms with Gasteiger partial charge in [0.2, 0.25) is 0 Å². The first kappa shape index (κ1) is 15.4. The van der Waals surface area contributed by atoms with Gasteiger partial charge in [-0.2, -0.15) is 0 Å². The van der Waals surface area contributed by atoms with Crippen LogP contribution in [0.15, 0.2) is 5.38 Å². The van der Waals surface area contributed by atoms with E-state index in [-0.39, 0.29) is 0 Å². The van der Waals surface area contributed by atoms with Crippen molar-refractivity contribution in [2.45, 2.75) is 53.0 Å². The van der Waals surface area contributed by atoms with Crippen molar-refractivity contribution in [2.24, 2.45) is 5.92 Å². The standard InChI is InChI=1S/C14H27N3S/c1-5-13(6-2)17(9-11(3)4)8-7-12-10-18-14(15)16-12/h10-11,13H,5-9H2,1-4H3,(H2,15,16). The molecule has 0 amide bonds. The molecule has 1 heterocycles. The lowest BCUT2D eigenvalue weighted by atomic mass is 10.1. The monoisotopic (exact) mass is 269 g/mol. The Hall–Kier alpha value is -0.610. The van der Waals surface area contributed by atoms with Crippen molar-refractivity contribution in [2.75, 3.05) is 18.8 Å². The molecule has 0 saturated heterocycles. The summed E-state index contributed by atoms with van der Waals surface area (Å²) in [6, 6.07) is 0.698. The van der Waals surface area contributed by atoms with Gasteiger partial charge in [-0.3, -0.25) is 4.90 Å². The third-order valence-electron chi connectivity index (χ3n) is 3.28. The van der Waals surface area contributed by atoms with Gasteiger partial charge in [0.15, 0.2) is 5.13 Å². The Kier molecular flexibility index (Phi) is 6.65. The molecular formula is C14H27N3S. The molecule has 4 heteroatoms. The topological polar surface area (TPSA) is 42.1 Å². The summed E-state index contributed by atoms with van der Waals surface area (Å²) in [6.07, 6.45) is 3.46. The second-order valence-corrected chi connectivity index (χ2v) is 6.18. The Morgan fingerprint density at radius 2 is 2.00 bits per heavy atom. The Bertz CT molecular complexity index is 332. The van der Waals surface area contributed by atoms with Gasteiger partial charge in [0.1, 0.15) is 0 Å². The fourth-order valence-electron chi connectivity index (χ4n) is 2.39. The molecule has 0 radical (unpaired) electrons. The SMILES string of the molecule is CCC(CC)N(CCc1csc(N)n1)CC(C)C. The van der Waals surface area contributed by atoms with Gasteiger partial charge in [0.05, 0.1) is 5.69 Å². The molecule has 18 heavy (non-hydrogen) atoms. The van der Waals surface area contributed by atoms with Gasteiger partial charge < -0.3 is 5.73 Å². The van der Waals surface area contributed by atoms with Crippen LogP contribution in [0.4, 0.5) is 5.13 Å². The largest absolute Gasteiger partial charge is 0.375 e. The molecule has 1 rings (SSSR count). The van der Waals surface area contributed by atoms with Crippen molar-refractivity contribution >= 4 is 16.5 Å². The first-order chi connectivity index (χ1) is 8.56. The summed E-state index contributed by atoms with van der Waals surface area (Å²) in [5, 5.41) is 2.76. The lowest BCUT2D eigenvalue weighted by Gasteiger charge is -2.31. The number of nitrogen functional groups attached to an aromatic ring is 1. The van der Waals surface area contributed by atoms with E-state index in [4.69, 9.17) is 5.73 Å². The fourth-order valence-corrected chi connectivity index (χ4v) is 2.99. The molecule has 0 aliphatic carbocycles. The summed E-state index contributed by atoms with van der Waals surface area (Å²) in [4.78, 5) is 6.95. The molecule has 0 fully saturated rings. The molecule has 3 nitrogen and oxygen atoms in total. The van der Waals surface area contributed by atoms with Gasteiger partial charge in [-0.05, 0) is 18.8 Å². The third kappa shape index (κ3) is 4.94. The molecular weight excluding hydrogens is 242 g/mol. The minimum atomic E-state index is 0.683. The average molecular weight is 269 g/mol. The molecule has 0 spiro atoms. The number of thiazole rings is 1. The van der Waals surface area contributed by atoms with Gasteiger partial charge in [-0.1, -0.05) is 27.7 Å². The number of rotatable bonds is 8. The van der Waals surface area contributed by atoms with E-state index in [9.17, 15) is 0 Å². The molecule has 104 valence electrons. The van der Waals surface area contributed by atoms with E-state index in [1.165, 1.54) is 30.7 Å². The number of hydrogen-bond donors (Lipinski definition) is 1. The van der Waals surface area contributed by atoms with Crippen LogP contribution in [0.3, 0.4) is 0 Å². The Morgan fingerprint density at radius 3 is 2.44 bits per heavy atom. The van der Waals surface area contributed by atoms with E-state index < -0.39 is 0 Å². The molecule has 0 saturated carbocycles. The maximum atomic E-state index is 5.67. The molecule has 2 N–H and O–H groups in total. The second-order valence-electron chi connectivity index (χ2n) is 5.29. The highest BCUT2D eigenvalue weighted by Crippen LogP contribution is 2.15. The molecule has 0 aromatic carbocycles. The van der Waals surface area contributed by atoms with Gasteiger partial charge >= 0.3 is 0 Å². The smallest absolute Gasteiger partial charge is 0.180 e. The molecule has 0 atom stereocenters. The van der Waals surface area contributed by atoms with Crippen LogP contribution in [0.1, 0.15) is 46.2 Å². The average Bonchev–Trinajstić information content (AvgIpc) is 2.72. The van der Waals surface area contributed by atoms with Gasteiger partial charge in [-0.25, -0.2) is 4.98 Å². The van der Waals surface area contributed by atoms with Crippen LogP contribution in [0.5, 0.6) is 0 Å². The second kappa shape index (κ2) is 7.74. The number of nitrogens with two attached hydrogens (primary N) is 1. The maximum absolute atomic E-state index is 5.67. The highest BCUT2D eigenvalue weighted by Gasteiger charge is 2.16. The number of nitrogens with zero attached hydrogens (tertiary/aromatic N) is 2. The van der Waals surface area contributed by atoms with Crippen LogP contribution < -0.4 is 5.73 Å². The Labute approximate surface area is 115 Å². The van der Waals surface area contributed by atoms with Crippen LogP contribution in [0, 0.1) is 5.92 Å². The van der Waals surface area contributed by atoms with Crippen molar-refractivity contribution in [1.82, 2.24) is 9.88 Å². The van der Waals surface area contributed by atoms with Crippen LogP contribution in [-0.4, -0.2) is 29.0 Å². The Morgan fingerprint density at radius 1 is 1.33 bits per heavy atom. The molecule has 0 bridgehead atoms. The molecule has 0 aliphatic heterocycles. The van der Waals surface area contributed by atoms with E-state index >= 15 is 0 Å². The summed E-state index contributed by atoms with van der Waals surface area (Å²) >= 11 is 1.54. The normalized spacial score (nSPS) is 11.9. The number of hydrogen-bond acceptors (Lipinski definition) is 4. The zero-order valence-corrected chi connectivity index (χ0v) is 13.0. The molecule has 1 aromatic heterocycles. The van der Waals surface area contributed by atoms with Gasteiger partial charge in [0, 0.05) is 30.9 Å². The molecule has 0 unspecified atom stereocenters. The van der Waals surface area contributed by atoms with Crippen molar-refractivity contribution in [3.63, 3.8) is 0 Å². The highest BCUT2D eigenvalue weighted by molar-refractivity contribution is 7.13. The zero-order chi connectivity index (χ0) is 13.5. The highest BCUT2D eigenvalue weighted by atomic mass is 32.1. The summed E-state index contributed by atoms with van der Waals surface area (Å²) in [6.45, 7) is 11.4. The first-order valence-electron chi connectivity index (χ1n) is 7.00. The van der Waals surface area contributed by atoms with E-state index in [1.54, 1.807) is 0 Å². The van der Waals surface area contributed by atoms with Crippen LogP contribution >= 0.6 is 11.3 Å². The van der Waals surface area contributed by atoms with E-state index in [0.29, 0.717) is 17.1 Å². The van der Waals surface area contributed by atoms with E-state index in [0.717, 1.165) is 18.7 Å².